The van der Waals surface area contributed by atoms with Crippen LogP contribution in [0, 0.1) is 12.3 Å². The molecule has 3 heteroatoms. The topological polar surface area (TPSA) is 29.5 Å². The van der Waals surface area contributed by atoms with Gasteiger partial charge in [-0.1, -0.05) is 5.92 Å². The van der Waals surface area contributed by atoms with Gasteiger partial charge in [-0.15, -0.1) is 6.42 Å². The zero-order valence-electron chi connectivity index (χ0n) is 3.22. The van der Waals surface area contributed by atoms with E-state index in [1.54, 1.807) is 0 Å². The van der Waals surface area contributed by atoms with Crippen molar-refractivity contribution in [1.29, 1.82) is 0 Å². The van der Waals surface area contributed by atoms with Crippen molar-refractivity contribution in [2.75, 3.05) is 6.61 Å². The molecule has 0 aromatic rings. The minimum atomic E-state index is 0.135. The van der Waals surface area contributed by atoms with Gasteiger partial charge in [-0.25, -0.2) is 0 Å². The van der Waals surface area contributed by atoms with Crippen LogP contribution in [0.15, 0.2) is 0 Å². The maximum atomic E-state index is 7.75. The van der Waals surface area contributed by atoms with E-state index in [9.17, 15) is 0 Å². The van der Waals surface area contributed by atoms with E-state index in [0.29, 0.717) is 7.69 Å². The Bertz CT molecular complexity index is 56.3. The van der Waals surface area contributed by atoms with Crippen molar-refractivity contribution in [3.05, 3.63) is 0 Å². The maximum Gasteiger partial charge on any atom is 0.485 e. The lowest BCUT2D eigenvalue weighted by Gasteiger charge is -1.82. The van der Waals surface area contributed by atoms with Crippen LogP contribution >= 0.6 is 0 Å². The summed E-state index contributed by atoms with van der Waals surface area (Å²) in [6.45, 7) is 0.135. The molecule has 0 aliphatic rings. The molecule has 31 valence electrons. The molecule has 0 aliphatic carbocycles. The molecule has 0 saturated heterocycles. The predicted molar refractivity (Wildman–Crippen MR) is 22.8 cm³/mol. The van der Waals surface area contributed by atoms with E-state index in [1.165, 1.54) is 0 Å². The van der Waals surface area contributed by atoms with Crippen molar-refractivity contribution in [2.45, 2.75) is 0 Å². The van der Waals surface area contributed by atoms with Gasteiger partial charge in [0.1, 0.15) is 0 Å². The highest BCUT2D eigenvalue weighted by molar-refractivity contribution is 6.15. The van der Waals surface area contributed by atoms with E-state index >= 15 is 0 Å². The van der Waals surface area contributed by atoms with Gasteiger partial charge >= 0.3 is 7.69 Å². The van der Waals surface area contributed by atoms with Crippen LogP contribution < -0.4 is 0 Å². The van der Waals surface area contributed by atoms with Crippen molar-refractivity contribution in [2.24, 2.45) is 0 Å². The van der Waals surface area contributed by atoms with Crippen LogP contribution in [0.4, 0.5) is 0 Å². The monoisotopic (exact) mass is 83.0 g/mol. The molecule has 0 aromatic heterocycles. The molecule has 0 aliphatic heterocycles. The van der Waals surface area contributed by atoms with E-state index in [2.05, 4.69) is 10.6 Å². The molecular weight excluding hydrogens is 78.8 g/mol. The van der Waals surface area contributed by atoms with Crippen LogP contribution in [0.2, 0.25) is 0 Å². The predicted octanol–water partition coefficient (Wildman–Crippen LogP) is -0.837. The molecule has 6 heavy (non-hydrogen) atoms. The number of terminal acetylenes is 1. The zero-order chi connectivity index (χ0) is 4.83. The molecule has 0 aromatic carbocycles. The summed E-state index contributed by atoms with van der Waals surface area (Å²) in [5, 5.41) is 7.75. The average Bonchev–Trinajstić information content (AvgIpc) is 1.61. The van der Waals surface area contributed by atoms with Crippen molar-refractivity contribution in [3.63, 3.8) is 0 Å². The van der Waals surface area contributed by atoms with Gasteiger partial charge in [0.05, 0.1) is 6.61 Å². The summed E-state index contributed by atoms with van der Waals surface area (Å²) in [7, 11) is 0.569. The van der Waals surface area contributed by atoms with Crippen LogP contribution in [-0.2, 0) is 4.65 Å². The van der Waals surface area contributed by atoms with E-state index in [-0.39, 0.29) is 6.61 Å². The van der Waals surface area contributed by atoms with E-state index in [0.717, 1.165) is 0 Å². The van der Waals surface area contributed by atoms with Gasteiger partial charge in [-0.2, -0.15) is 0 Å². The van der Waals surface area contributed by atoms with Crippen LogP contribution in [0.25, 0.3) is 0 Å². The molecule has 0 spiro atoms. The average molecular weight is 82.9 g/mol. The standard InChI is InChI=1S/C3H4BO2/c1-2-3-6-4-5/h1,5H,3H2. The number of hydrogen-bond acceptors (Lipinski definition) is 2. The third-order valence-corrected chi connectivity index (χ3v) is 0.241. The summed E-state index contributed by atoms with van der Waals surface area (Å²) in [6, 6.07) is 0. The molecule has 0 fully saturated rings. The second-order valence-electron chi connectivity index (χ2n) is 0.621. The van der Waals surface area contributed by atoms with Crippen LogP contribution in [-0.4, -0.2) is 19.3 Å². The number of rotatable bonds is 2. The smallest absolute Gasteiger partial charge is 0.429 e. The highest BCUT2D eigenvalue weighted by atomic mass is 16.5. The summed E-state index contributed by atoms with van der Waals surface area (Å²) in [4.78, 5) is 0. The molecule has 0 bridgehead atoms. The van der Waals surface area contributed by atoms with Crippen LogP contribution in [0.3, 0.4) is 0 Å². The minimum absolute atomic E-state index is 0.135. The van der Waals surface area contributed by atoms with Gasteiger partial charge in [0, 0.05) is 0 Å². The van der Waals surface area contributed by atoms with Crippen molar-refractivity contribution in [3.8, 4) is 12.3 Å². The first-order chi connectivity index (χ1) is 2.91. The summed E-state index contributed by atoms with van der Waals surface area (Å²) in [5.74, 6) is 2.16. The highest BCUT2D eigenvalue weighted by Gasteiger charge is 1.76. The molecule has 0 unspecified atom stereocenters. The SMILES string of the molecule is C#CCO[B]O. The molecule has 1 radical (unpaired) electrons. The lowest BCUT2D eigenvalue weighted by atomic mass is 10.4. The number of hydrogen-bond donors (Lipinski definition) is 1. The quantitative estimate of drug-likeness (QED) is 0.268. The molecule has 0 amide bonds. The third-order valence-electron chi connectivity index (χ3n) is 0.241. The first-order valence-corrected chi connectivity index (χ1v) is 1.42. The Morgan fingerprint density at radius 3 is 2.83 bits per heavy atom. The Balaban J connectivity index is 2.54. The van der Waals surface area contributed by atoms with Gasteiger partial charge < -0.3 is 9.68 Å². The van der Waals surface area contributed by atoms with Crippen molar-refractivity contribution < 1.29 is 9.68 Å². The second-order valence-corrected chi connectivity index (χ2v) is 0.621. The summed E-state index contributed by atoms with van der Waals surface area (Å²) in [5.41, 5.74) is 0. The Kier molecular flexibility index (Phi) is 4.20. The fourth-order valence-electron chi connectivity index (χ4n) is 0.0854. The normalized spacial score (nSPS) is 6.67. The first kappa shape index (κ1) is 5.54. The van der Waals surface area contributed by atoms with Gasteiger partial charge in [-0.3, -0.25) is 0 Å². The molecular formula is C3H4BO2. The van der Waals surface area contributed by atoms with Crippen LogP contribution in [0.1, 0.15) is 0 Å². The van der Waals surface area contributed by atoms with E-state index in [4.69, 9.17) is 11.4 Å². The molecule has 0 atom stereocenters. The fourth-order valence-corrected chi connectivity index (χ4v) is 0.0854. The lowest BCUT2D eigenvalue weighted by Crippen LogP contribution is -1.95. The maximum absolute atomic E-state index is 7.75. The van der Waals surface area contributed by atoms with Crippen LogP contribution in [0.5, 0.6) is 0 Å². The Morgan fingerprint density at radius 2 is 2.67 bits per heavy atom. The summed E-state index contributed by atoms with van der Waals surface area (Å²) in [6.07, 6.45) is 4.71. The largest absolute Gasteiger partial charge is 0.485 e. The summed E-state index contributed by atoms with van der Waals surface area (Å²) < 4.78 is 4.18. The van der Waals surface area contributed by atoms with Crippen molar-refractivity contribution >= 4 is 7.69 Å². The van der Waals surface area contributed by atoms with Gasteiger partial charge in [0.15, 0.2) is 0 Å². The van der Waals surface area contributed by atoms with E-state index < -0.39 is 0 Å². The highest BCUT2D eigenvalue weighted by Crippen LogP contribution is 1.58. The van der Waals surface area contributed by atoms with Gasteiger partial charge in [-0.05, 0) is 0 Å². The molecule has 0 heterocycles. The molecule has 0 saturated carbocycles. The second kappa shape index (κ2) is 4.54. The van der Waals surface area contributed by atoms with Gasteiger partial charge in [0.2, 0.25) is 0 Å². The summed E-state index contributed by atoms with van der Waals surface area (Å²) >= 11 is 0. The Morgan fingerprint density at radius 1 is 2.00 bits per heavy atom. The molecule has 2 nitrogen and oxygen atoms in total. The molecule has 1 N–H and O–H groups in total. The zero-order valence-corrected chi connectivity index (χ0v) is 3.22. The Hall–Kier alpha value is -0.455. The molecule has 0 rings (SSSR count). The third kappa shape index (κ3) is 3.54. The van der Waals surface area contributed by atoms with Crippen molar-refractivity contribution in [1.82, 2.24) is 0 Å². The van der Waals surface area contributed by atoms with Gasteiger partial charge in [0.25, 0.3) is 0 Å². The Labute approximate surface area is 37.4 Å². The first-order valence-electron chi connectivity index (χ1n) is 1.42. The lowest BCUT2D eigenvalue weighted by molar-refractivity contribution is 0.326. The van der Waals surface area contributed by atoms with E-state index in [1.807, 2.05) is 0 Å². The fraction of sp³-hybridized carbons (Fsp3) is 0.333. The minimum Gasteiger partial charge on any atom is -0.429 e.